The fraction of sp³-hybridized carbons (Fsp3) is 1.00. The minimum absolute atomic E-state index is 0.419. The summed E-state index contributed by atoms with van der Waals surface area (Å²) in [4.78, 5) is 0. The first-order chi connectivity index (χ1) is 7.74. The molecule has 0 aliphatic rings. The van der Waals surface area contributed by atoms with Crippen molar-refractivity contribution in [1.82, 2.24) is 5.32 Å². The molecule has 0 amide bonds. The van der Waals surface area contributed by atoms with E-state index < -0.39 is 0 Å². The highest BCUT2D eigenvalue weighted by Gasteiger charge is 2.05. The van der Waals surface area contributed by atoms with Crippen molar-refractivity contribution in [3.63, 3.8) is 0 Å². The molecular weight excluding hydrogens is 196 g/mol. The Kier molecular flexibility index (Phi) is 11.3. The van der Waals surface area contributed by atoms with Gasteiger partial charge in [-0.25, -0.2) is 0 Å². The maximum atomic E-state index is 5.89. The maximum absolute atomic E-state index is 5.89. The van der Waals surface area contributed by atoms with Gasteiger partial charge in [-0.1, -0.05) is 40.0 Å². The monoisotopic (exact) mass is 228 g/mol. The SMILES string of the molecule is CCCC(CCC)NCCCCC(N)CC. The molecule has 2 nitrogen and oxygen atoms in total. The molecule has 1 unspecified atom stereocenters. The van der Waals surface area contributed by atoms with Gasteiger partial charge in [-0.3, -0.25) is 0 Å². The molecule has 0 rings (SSSR count). The Hall–Kier alpha value is -0.0800. The van der Waals surface area contributed by atoms with Crippen molar-refractivity contribution in [3.8, 4) is 0 Å². The first-order valence-corrected chi connectivity index (χ1v) is 7.23. The van der Waals surface area contributed by atoms with E-state index in [1.165, 1.54) is 51.5 Å². The van der Waals surface area contributed by atoms with Crippen molar-refractivity contribution in [1.29, 1.82) is 0 Å². The van der Waals surface area contributed by atoms with Gasteiger partial charge < -0.3 is 11.1 Å². The van der Waals surface area contributed by atoms with Gasteiger partial charge in [-0.05, 0) is 38.6 Å². The molecule has 0 aliphatic heterocycles. The number of nitrogens with two attached hydrogens (primary N) is 1. The van der Waals surface area contributed by atoms with E-state index in [0.717, 1.165) is 12.5 Å². The van der Waals surface area contributed by atoms with Crippen molar-refractivity contribution in [2.24, 2.45) is 5.73 Å². The highest BCUT2D eigenvalue weighted by Crippen LogP contribution is 2.06. The molecule has 3 N–H and O–H groups in total. The van der Waals surface area contributed by atoms with Crippen LogP contribution in [0.15, 0.2) is 0 Å². The highest BCUT2D eigenvalue weighted by molar-refractivity contribution is 4.66. The fourth-order valence-corrected chi connectivity index (χ4v) is 2.09. The molecule has 0 saturated carbocycles. The summed E-state index contributed by atoms with van der Waals surface area (Å²) in [6.07, 6.45) is 10.1. The van der Waals surface area contributed by atoms with E-state index in [0.29, 0.717) is 6.04 Å². The number of hydrogen-bond donors (Lipinski definition) is 2. The lowest BCUT2D eigenvalue weighted by Gasteiger charge is -2.17. The van der Waals surface area contributed by atoms with E-state index in [-0.39, 0.29) is 0 Å². The number of unbranched alkanes of at least 4 members (excludes halogenated alkanes) is 1. The highest BCUT2D eigenvalue weighted by atomic mass is 14.9. The van der Waals surface area contributed by atoms with Gasteiger partial charge in [-0.15, -0.1) is 0 Å². The van der Waals surface area contributed by atoms with Gasteiger partial charge in [0.15, 0.2) is 0 Å². The van der Waals surface area contributed by atoms with Crippen molar-refractivity contribution in [3.05, 3.63) is 0 Å². The summed E-state index contributed by atoms with van der Waals surface area (Å²) in [7, 11) is 0. The topological polar surface area (TPSA) is 38.0 Å². The van der Waals surface area contributed by atoms with Crippen LogP contribution in [0.25, 0.3) is 0 Å². The molecule has 0 aromatic rings. The normalized spacial score (nSPS) is 13.3. The quantitative estimate of drug-likeness (QED) is 0.532. The molecule has 1 atom stereocenters. The van der Waals surface area contributed by atoms with Crippen LogP contribution in [0.3, 0.4) is 0 Å². The molecule has 16 heavy (non-hydrogen) atoms. The zero-order valence-electron chi connectivity index (χ0n) is 11.6. The lowest BCUT2D eigenvalue weighted by Crippen LogP contribution is -2.30. The first kappa shape index (κ1) is 15.9. The van der Waals surface area contributed by atoms with E-state index >= 15 is 0 Å². The van der Waals surface area contributed by atoms with E-state index in [1.54, 1.807) is 0 Å². The van der Waals surface area contributed by atoms with Crippen LogP contribution in [0.4, 0.5) is 0 Å². The molecule has 2 heteroatoms. The minimum atomic E-state index is 0.419. The molecule has 0 saturated heterocycles. The van der Waals surface area contributed by atoms with Crippen molar-refractivity contribution >= 4 is 0 Å². The number of rotatable bonds is 11. The Bertz CT molecular complexity index is 131. The largest absolute Gasteiger partial charge is 0.328 e. The maximum Gasteiger partial charge on any atom is 0.00668 e. The molecule has 98 valence electrons. The Balaban J connectivity index is 3.39. The molecule has 0 radical (unpaired) electrons. The van der Waals surface area contributed by atoms with E-state index in [2.05, 4.69) is 26.1 Å². The zero-order chi connectivity index (χ0) is 12.2. The summed E-state index contributed by atoms with van der Waals surface area (Å²) in [6, 6.07) is 1.16. The number of hydrogen-bond acceptors (Lipinski definition) is 2. The summed E-state index contributed by atoms with van der Waals surface area (Å²) in [6.45, 7) is 7.87. The first-order valence-electron chi connectivity index (χ1n) is 7.23. The summed E-state index contributed by atoms with van der Waals surface area (Å²) < 4.78 is 0. The molecule has 0 aliphatic carbocycles. The second-order valence-corrected chi connectivity index (χ2v) is 4.89. The van der Waals surface area contributed by atoms with E-state index in [9.17, 15) is 0 Å². The molecule has 0 fully saturated rings. The molecule has 0 heterocycles. The molecule has 0 bridgehead atoms. The van der Waals surface area contributed by atoms with Gasteiger partial charge in [0.25, 0.3) is 0 Å². The Labute approximate surface area is 102 Å². The number of nitrogens with one attached hydrogen (secondary N) is 1. The van der Waals surface area contributed by atoms with Crippen LogP contribution in [0.2, 0.25) is 0 Å². The lowest BCUT2D eigenvalue weighted by molar-refractivity contribution is 0.431. The summed E-state index contributed by atoms with van der Waals surface area (Å²) in [5.74, 6) is 0. The Morgan fingerprint density at radius 2 is 1.56 bits per heavy atom. The standard InChI is InChI=1S/C14H32N2/c1-4-9-14(10-5-2)16-12-8-7-11-13(15)6-3/h13-14,16H,4-12,15H2,1-3H3. The predicted octanol–water partition coefficient (Wildman–Crippen LogP) is 3.45. The van der Waals surface area contributed by atoms with Gasteiger partial charge in [0, 0.05) is 12.1 Å². The van der Waals surface area contributed by atoms with Crippen LogP contribution in [0, 0.1) is 0 Å². The molecular formula is C14H32N2. The van der Waals surface area contributed by atoms with Gasteiger partial charge in [-0.2, -0.15) is 0 Å². The Morgan fingerprint density at radius 1 is 0.938 bits per heavy atom. The summed E-state index contributed by atoms with van der Waals surface area (Å²) in [5.41, 5.74) is 5.89. The van der Waals surface area contributed by atoms with Gasteiger partial charge in [0.1, 0.15) is 0 Å². The third kappa shape index (κ3) is 9.17. The van der Waals surface area contributed by atoms with Crippen LogP contribution >= 0.6 is 0 Å². The van der Waals surface area contributed by atoms with Crippen molar-refractivity contribution < 1.29 is 0 Å². The third-order valence-corrected chi connectivity index (χ3v) is 3.23. The van der Waals surface area contributed by atoms with Gasteiger partial charge in [0.05, 0.1) is 0 Å². The smallest absolute Gasteiger partial charge is 0.00668 e. The Morgan fingerprint density at radius 3 is 2.06 bits per heavy atom. The van der Waals surface area contributed by atoms with Gasteiger partial charge in [0.2, 0.25) is 0 Å². The van der Waals surface area contributed by atoms with E-state index in [1.807, 2.05) is 0 Å². The van der Waals surface area contributed by atoms with E-state index in [4.69, 9.17) is 5.73 Å². The zero-order valence-corrected chi connectivity index (χ0v) is 11.6. The second-order valence-electron chi connectivity index (χ2n) is 4.89. The molecule has 0 aromatic carbocycles. The minimum Gasteiger partial charge on any atom is -0.328 e. The van der Waals surface area contributed by atoms with Crippen LogP contribution in [0.1, 0.15) is 72.1 Å². The predicted molar refractivity (Wildman–Crippen MR) is 73.7 cm³/mol. The van der Waals surface area contributed by atoms with Crippen LogP contribution in [0.5, 0.6) is 0 Å². The third-order valence-electron chi connectivity index (χ3n) is 3.23. The molecule has 0 aromatic heterocycles. The van der Waals surface area contributed by atoms with Crippen LogP contribution in [-0.2, 0) is 0 Å². The average molecular weight is 228 g/mol. The average Bonchev–Trinajstić information content (AvgIpc) is 2.28. The van der Waals surface area contributed by atoms with Crippen molar-refractivity contribution in [2.45, 2.75) is 84.2 Å². The van der Waals surface area contributed by atoms with Gasteiger partial charge >= 0.3 is 0 Å². The summed E-state index contributed by atoms with van der Waals surface area (Å²) >= 11 is 0. The molecule has 0 spiro atoms. The lowest BCUT2D eigenvalue weighted by atomic mass is 10.1. The summed E-state index contributed by atoms with van der Waals surface area (Å²) in [5, 5.41) is 3.67. The van der Waals surface area contributed by atoms with Crippen LogP contribution < -0.4 is 11.1 Å². The van der Waals surface area contributed by atoms with Crippen molar-refractivity contribution in [2.75, 3.05) is 6.54 Å². The van der Waals surface area contributed by atoms with Crippen LogP contribution in [-0.4, -0.2) is 18.6 Å². The second kappa shape index (κ2) is 11.4. The fourth-order valence-electron chi connectivity index (χ4n) is 2.09.